The molecule has 1 rings (SSSR count). The summed E-state index contributed by atoms with van der Waals surface area (Å²) in [4.78, 5) is 23.2. The first-order valence-corrected chi connectivity index (χ1v) is 7.11. The Labute approximate surface area is 128 Å². The normalized spacial score (nSPS) is 11.8. The second kappa shape index (κ2) is 8.12. The number of ether oxygens (including phenoxy) is 1. The van der Waals surface area contributed by atoms with Crippen LogP contribution in [0.2, 0.25) is 10.0 Å². The van der Waals surface area contributed by atoms with Gasteiger partial charge < -0.3 is 10.1 Å². The first kappa shape index (κ1) is 16.8. The maximum atomic E-state index is 11.7. The first-order chi connectivity index (χ1) is 9.43. The Bertz CT molecular complexity index is 491. The molecule has 0 saturated heterocycles. The van der Waals surface area contributed by atoms with Crippen LogP contribution in [0.25, 0.3) is 0 Å². The summed E-state index contributed by atoms with van der Waals surface area (Å²) in [5, 5.41) is 3.37. The molecule has 1 amide bonds. The van der Waals surface area contributed by atoms with Crippen LogP contribution in [0.4, 0.5) is 5.69 Å². The van der Waals surface area contributed by atoms with Crippen molar-refractivity contribution in [2.75, 3.05) is 11.9 Å². The van der Waals surface area contributed by atoms with E-state index in [0.29, 0.717) is 15.7 Å². The molecule has 0 fully saturated rings. The number of hydrogen-bond acceptors (Lipinski definition) is 3. The average Bonchev–Trinajstić information content (AvgIpc) is 2.40. The molecular weight excluding hydrogens is 301 g/mol. The smallest absolute Gasteiger partial charge is 0.309 e. The molecule has 0 bridgehead atoms. The van der Waals surface area contributed by atoms with Gasteiger partial charge >= 0.3 is 5.97 Å². The first-order valence-electron chi connectivity index (χ1n) is 6.35. The zero-order valence-electron chi connectivity index (χ0n) is 11.4. The van der Waals surface area contributed by atoms with Crippen molar-refractivity contribution < 1.29 is 14.3 Å². The maximum Gasteiger partial charge on any atom is 0.309 e. The molecule has 0 aliphatic heterocycles. The van der Waals surface area contributed by atoms with Crippen LogP contribution in [0.3, 0.4) is 0 Å². The SMILES string of the molecule is CCC[C@H](C)C(=O)OCC(=O)Nc1cc(Cl)ccc1Cl. The number of hydrogen-bond donors (Lipinski definition) is 1. The number of benzene rings is 1. The second-order valence-corrected chi connectivity index (χ2v) is 5.31. The highest BCUT2D eigenvalue weighted by molar-refractivity contribution is 6.35. The molecule has 0 heterocycles. The Kier molecular flexibility index (Phi) is 6.82. The highest BCUT2D eigenvalue weighted by Gasteiger charge is 2.15. The molecule has 1 atom stereocenters. The van der Waals surface area contributed by atoms with E-state index in [-0.39, 0.29) is 18.5 Å². The minimum absolute atomic E-state index is 0.206. The molecule has 1 aromatic carbocycles. The summed E-state index contributed by atoms with van der Waals surface area (Å²) in [5.74, 6) is -1.03. The van der Waals surface area contributed by atoms with Gasteiger partial charge in [0.25, 0.3) is 5.91 Å². The largest absolute Gasteiger partial charge is 0.455 e. The molecular formula is C14H17Cl2NO3. The summed E-state index contributed by atoms with van der Waals surface area (Å²) in [6.07, 6.45) is 1.63. The number of halogens is 2. The Hall–Kier alpha value is -1.26. The summed E-state index contributed by atoms with van der Waals surface area (Å²) in [6.45, 7) is 3.42. The van der Waals surface area contributed by atoms with Gasteiger partial charge in [-0.2, -0.15) is 0 Å². The third-order valence-corrected chi connectivity index (χ3v) is 3.24. The van der Waals surface area contributed by atoms with Crippen LogP contribution in [-0.2, 0) is 14.3 Å². The quantitative estimate of drug-likeness (QED) is 0.809. The highest BCUT2D eigenvalue weighted by Crippen LogP contribution is 2.25. The lowest BCUT2D eigenvalue weighted by molar-refractivity contribution is -0.151. The molecule has 0 aliphatic carbocycles. The van der Waals surface area contributed by atoms with E-state index in [1.54, 1.807) is 19.1 Å². The second-order valence-electron chi connectivity index (χ2n) is 4.47. The van der Waals surface area contributed by atoms with Gasteiger partial charge in [0.2, 0.25) is 0 Å². The lowest BCUT2D eigenvalue weighted by Crippen LogP contribution is -2.23. The number of esters is 1. The van der Waals surface area contributed by atoms with Crippen LogP contribution in [0.15, 0.2) is 18.2 Å². The predicted molar refractivity (Wildman–Crippen MR) is 80.1 cm³/mol. The monoisotopic (exact) mass is 317 g/mol. The van der Waals surface area contributed by atoms with Crippen LogP contribution >= 0.6 is 23.2 Å². The number of rotatable bonds is 6. The van der Waals surface area contributed by atoms with E-state index in [1.807, 2.05) is 6.92 Å². The number of amides is 1. The zero-order chi connectivity index (χ0) is 15.1. The Morgan fingerprint density at radius 2 is 2.05 bits per heavy atom. The van der Waals surface area contributed by atoms with Crippen molar-refractivity contribution in [1.82, 2.24) is 0 Å². The van der Waals surface area contributed by atoms with Crippen molar-refractivity contribution in [1.29, 1.82) is 0 Å². The standard InChI is InChI=1S/C14H17Cl2NO3/c1-3-4-9(2)14(19)20-8-13(18)17-12-7-10(15)5-6-11(12)16/h5-7,9H,3-4,8H2,1-2H3,(H,17,18)/t9-/m0/s1. The summed E-state index contributed by atoms with van der Waals surface area (Å²) >= 11 is 11.7. The summed E-state index contributed by atoms with van der Waals surface area (Å²) < 4.78 is 4.93. The van der Waals surface area contributed by atoms with E-state index in [9.17, 15) is 9.59 Å². The summed E-state index contributed by atoms with van der Waals surface area (Å²) in [6, 6.07) is 4.73. The Morgan fingerprint density at radius 3 is 2.70 bits per heavy atom. The van der Waals surface area contributed by atoms with Crippen LogP contribution in [-0.4, -0.2) is 18.5 Å². The van der Waals surface area contributed by atoms with Crippen LogP contribution in [0.1, 0.15) is 26.7 Å². The molecule has 6 heteroatoms. The van der Waals surface area contributed by atoms with Gasteiger partial charge in [-0.25, -0.2) is 0 Å². The number of carbonyl (C=O) groups excluding carboxylic acids is 2. The fourth-order valence-corrected chi connectivity index (χ4v) is 1.95. The zero-order valence-corrected chi connectivity index (χ0v) is 12.9. The summed E-state index contributed by atoms with van der Waals surface area (Å²) in [5.41, 5.74) is 0.391. The van der Waals surface area contributed by atoms with Gasteiger partial charge in [-0.1, -0.05) is 43.5 Å². The van der Waals surface area contributed by atoms with Crippen LogP contribution in [0.5, 0.6) is 0 Å². The lowest BCUT2D eigenvalue weighted by Gasteiger charge is -2.11. The molecule has 0 spiro atoms. The highest BCUT2D eigenvalue weighted by atomic mass is 35.5. The van der Waals surface area contributed by atoms with Gasteiger partial charge in [-0.15, -0.1) is 0 Å². The van der Waals surface area contributed by atoms with Crippen LogP contribution in [0, 0.1) is 5.92 Å². The van der Waals surface area contributed by atoms with Gasteiger partial charge in [0.05, 0.1) is 16.6 Å². The molecule has 20 heavy (non-hydrogen) atoms. The fraction of sp³-hybridized carbons (Fsp3) is 0.429. The topological polar surface area (TPSA) is 55.4 Å². The van der Waals surface area contributed by atoms with Crippen LogP contribution < -0.4 is 5.32 Å². The molecule has 0 unspecified atom stereocenters. The lowest BCUT2D eigenvalue weighted by atomic mass is 10.1. The van der Waals surface area contributed by atoms with Gasteiger partial charge in [0.15, 0.2) is 6.61 Å². The molecule has 0 saturated carbocycles. The molecule has 0 aromatic heterocycles. The Morgan fingerprint density at radius 1 is 1.35 bits per heavy atom. The van der Waals surface area contributed by atoms with Crippen molar-refractivity contribution in [3.63, 3.8) is 0 Å². The molecule has 110 valence electrons. The molecule has 0 aliphatic rings. The van der Waals surface area contributed by atoms with E-state index >= 15 is 0 Å². The molecule has 0 radical (unpaired) electrons. The summed E-state index contributed by atoms with van der Waals surface area (Å²) in [7, 11) is 0. The van der Waals surface area contributed by atoms with Crippen molar-refractivity contribution >= 4 is 40.8 Å². The molecule has 1 N–H and O–H groups in total. The van der Waals surface area contributed by atoms with Gasteiger partial charge in [-0.3, -0.25) is 9.59 Å². The van der Waals surface area contributed by atoms with E-state index in [2.05, 4.69) is 5.32 Å². The molecule has 1 aromatic rings. The van der Waals surface area contributed by atoms with Crippen molar-refractivity contribution in [2.24, 2.45) is 5.92 Å². The van der Waals surface area contributed by atoms with E-state index in [4.69, 9.17) is 27.9 Å². The van der Waals surface area contributed by atoms with E-state index in [1.165, 1.54) is 6.07 Å². The van der Waals surface area contributed by atoms with Gasteiger partial charge in [0.1, 0.15) is 0 Å². The van der Waals surface area contributed by atoms with E-state index in [0.717, 1.165) is 12.8 Å². The maximum absolute atomic E-state index is 11.7. The van der Waals surface area contributed by atoms with Gasteiger partial charge in [0, 0.05) is 5.02 Å². The molecule has 4 nitrogen and oxygen atoms in total. The average molecular weight is 318 g/mol. The minimum Gasteiger partial charge on any atom is -0.455 e. The number of anilines is 1. The minimum atomic E-state index is -0.453. The van der Waals surface area contributed by atoms with E-state index < -0.39 is 5.91 Å². The number of nitrogens with one attached hydrogen (secondary N) is 1. The third kappa shape index (κ3) is 5.39. The third-order valence-electron chi connectivity index (χ3n) is 2.67. The fourth-order valence-electron chi connectivity index (χ4n) is 1.61. The van der Waals surface area contributed by atoms with Crippen molar-refractivity contribution in [2.45, 2.75) is 26.7 Å². The Balaban J connectivity index is 2.48. The van der Waals surface area contributed by atoms with Crippen molar-refractivity contribution in [3.05, 3.63) is 28.2 Å². The van der Waals surface area contributed by atoms with Gasteiger partial charge in [-0.05, 0) is 24.6 Å². The number of carbonyl (C=O) groups is 2. The van der Waals surface area contributed by atoms with Crippen molar-refractivity contribution in [3.8, 4) is 0 Å². The predicted octanol–water partition coefficient (Wildman–Crippen LogP) is 3.91.